The first-order chi connectivity index (χ1) is 9.95. The number of rotatable bonds is 3. The number of terminal acetylenes is 1. The molecule has 112 valence electrons. The maximum Gasteiger partial charge on any atom is 0.232 e. The van der Waals surface area contributed by atoms with Gasteiger partial charge in [-0.25, -0.2) is 0 Å². The van der Waals surface area contributed by atoms with Crippen molar-refractivity contribution in [1.82, 2.24) is 9.80 Å². The molecule has 1 saturated heterocycles. The van der Waals surface area contributed by atoms with Crippen molar-refractivity contribution in [2.45, 2.75) is 19.3 Å². The molecule has 0 bridgehead atoms. The Kier molecular flexibility index (Phi) is 4.54. The van der Waals surface area contributed by atoms with Crippen LogP contribution in [-0.4, -0.2) is 48.4 Å². The van der Waals surface area contributed by atoms with Crippen LogP contribution in [0.25, 0.3) is 0 Å². The number of carbonyl (C=O) groups is 1. The lowest BCUT2D eigenvalue weighted by molar-refractivity contribution is -0.138. The van der Waals surface area contributed by atoms with Crippen LogP contribution in [0.4, 0.5) is 5.69 Å². The maximum atomic E-state index is 12.8. The Morgan fingerprint density at radius 3 is 2.33 bits per heavy atom. The molecule has 21 heavy (non-hydrogen) atoms. The van der Waals surface area contributed by atoms with Crippen molar-refractivity contribution in [3.63, 3.8) is 0 Å². The van der Waals surface area contributed by atoms with Crippen LogP contribution in [-0.2, 0) is 10.2 Å². The third kappa shape index (κ3) is 3.37. The average Bonchev–Trinajstić information content (AvgIpc) is 2.48. The highest BCUT2D eigenvalue weighted by molar-refractivity contribution is 5.87. The van der Waals surface area contributed by atoms with Crippen LogP contribution in [0.1, 0.15) is 19.4 Å². The van der Waals surface area contributed by atoms with E-state index in [1.807, 2.05) is 43.0 Å². The van der Waals surface area contributed by atoms with Gasteiger partial charge in [0.05, 0.1) is 12.0 Å². The van der Waals surface area contributed by atoms with E-state index in [2.05, 4.69) is 10.8 Å². The lowest BCUT2D eigenvalue weighted by Gasteiger charge is -2.38. The Morgan fingerprint density at radius 1 is 1.24 bits per heavy atom. The summed E-state index contributed by atoms with van der Waals surface area (Å²) in [5.74, 6) is 2.81. The van der Waals surface area contributed by atoms with Gasteiger partial charge in [0, 0.05) is 31.9 Å². The number of benzene rings is 1. The first kappa shape index (κ1) is 15.4. The summed E-state index contributed by atoms with van der Waals surface area (Å²) in [6.45, 7) is 7.74. The normalized spacial score (nSPS) is 16.5. The third-order valence-corrected chi connectivity index (χ3v) is 4.14. The number of carbonyl (C=O) groups excluding carboxylic acids is 1. The van der Waals surface area contributed by atoms with Crippen LogP contribution in [0.15, 0.2) is 24.3 Å². The molecular formula is C17H23N3O. The Labute approximate surface area is 126 Å². The summed E-state index contributed by atoms with van der Waals surface area (Å²) in [6, 6.07) is 7.55. The van der Waals surface area contributed by atoms with Gasteiger partial charge in [-0.1, -0.05) is 18.1 Å². The molecule has 1 heterocycles. The van der Waals surface area contributed by atoms with E-state index in [0.29, 0.717) is 12.2 Å². The summed E-state index contributed by atoms with van der Waals surface area (Å²) in [4.78, 5) is 16.9. The van der Waals surface area contributed by atoms with Gasteiger partial charge in [0.1, 0.15) is 0 Å². The molecule has 1 aliphatic rings. The fraction of sp³-hybridized carbons (Fsp3) is 0.471. The number of amides is 1. The highest BCUT2D eigenvalue weighted by atomic mass is 16.2. The second-order valence-corrected chi connectivity index (χ2v) is 6.02. The zero-order valence-electron chi connectivity index (χ0n) is 12.8. The number of hydrogen-bond donors (Lipinski definition) is 1. The van der Waals surface area contributed by atoms with Crippen molar-refractivity contribution in [3.05, 3.63) is 29.8 Å². The fourth-order valence-electron chi connectivity index (χ4n) is 2.66. The van der Waals surface area contributed by atoms with Gasteiger partial charge in [-0.05, 0) is 31.5 Å². The largest absolute Gasteiger partial charge is 0.399 e. The second kappa shape index (κ2) is 6.19. The van der Waals surface area contributed by atoms with Crippen LogP contribution in [0.2, 0.25) is 0 Å². The van der Waals surface area contributed by atoms with Crippen LogP contribution in [0, 0.1) is 12.3 Å². The molecule has 0 spiro atoms. The molecule has 0 atom stereocenters. The number of nitrogens with two attached hydrogens (primary N) is 1. The molecule has 0 saturated carbocycles. The second-order valence-electron chi connectivity index (χ2n) is 6.02. The predicted molar refractivity (Wildman–Crippen MR) is 85.7 cm³/mol. The van der Waals surface area contributed by atoms with Gasteiger partial charge in [-0.15, -0.1) is 6.42 Å². The third-order valence-electron chi connectivity index (χ3n) is 4.14. The molecule has 4 nitrogen and oxygen atoms in total. The molecule has 1 aliphatic heterocycles. The van der Waals surface area contributed by atoms with Crippen LogP contribution in [0.3, 0.4) is 0 Å². The fourth-order valence-corrected chi connectivity index (χ4v) is 2.66. The van der Waals surface area contributed by atoms with Crippen LogP contribution in [0.5, 0.6) is 0 Å². The van der Waals surface area contributed by atoms with E-state index in [0.717, 1.165) is 31.7 Å². The Balaban J connectivity index is 2.05. The van der Waals surface area contributed by atoms with Gasteiger partial charge in [0.2, 0.25) is 5.91 Å². The van der Waals surface area contributed by atoms with Crippen LogP contribution >= 0.6 is 0 Å². The Hall–Kier alpha value is -1.99. The maximum absolute atomic E-state index is 12.8. The molecule has 0 aliphatic carbocycles. The van der Waals surface area contributed by atoms with Gasteiger partial charge in [0.15, 0.2) is 0 Å². The Bertz CT molecular complexity index is 534. The molecular weight excluding hydrogens is 262 g/mol. The number of nitrogens with zero attached hydrogens (tertiary/aromatic N) is 2. The summed E-state index contributed by atoms with van der Waals surface area (Å²) in [7, 11) is 0. The number of nitrogen functional groups attached to an aromatic ring is 1. The van der Waals surface area contributed by atoms with Crippen LogP contribution < -0.4 is 5.73 Å². The summed E-state index contributed by atoms with van der Waals surface area (Å²) in [5.41, 5.74) is 6.88. The minimum atomic E-state index is -0.540. The van der Waals surface area contributed by atoms with Gasteiger partial charge in [-0.3, -0.25) is 9.69 Å². The van der Waals surface area contributed by atoms with E-state index in [9.17, 15) is 4.79 Å². The zero-order valence-corrected chi connectivity index (χ0v) is 12.8. The van der Waals surface area contributed by atoms with Crippen molar-refractivity contribution >= 4 is 11.6 Å². The molecule has 1 amide bonds. The predicted octanol–water partition coefficient (Wildman–Crippen LogP) is 1.32. The molecule has 1 fully saturated rings. The molecule has 1 aromatic rings. The van der Waals surface area contributed by atoms with Crippen molar-refractivity contribution in [2.75, 3.05) is 38.5 Å². The van der Waals surface area contributed by atoms with Crippen molar-refractivity contribution < 1.29 is 4.79 Å². The first-order valence-electron chi connectivity index (χ1n) is 7.26. The van der Waals surface area contributed by atoms with E-state index in [-0.39, 0.29) is 5.91 Å². The summed E-state index contributed by atoms with van der Waals surface area (Å²) in [6.07, 6.45) is 5.33. The van der Waals surface area contributed by atoms with E-state index < -0.39 is 5.41 Å². The van der Waals surface area contributed by atoms with E-state index >= 15 is 0 Å². The monoisotopic (exact) mass is 285 g/mol. The lowest BCUT2D eigenvalue weighted by atomic mass is 9.83. The topological polar surface area (TPSA) is 49.6 Å². The minimum Gasteiger partial charge on any atom is -0.399 e. The number of hydrogen-bond acceptors (Lipinski definition) is 3. The van der Waals surface area contributed by atoms with Gasteiger partial charge < -0.3 is 10.6 Å². The lowest BCUT2D eigenvalue weighted by Crippen LogP contribution is -2.53. The first-order valence-corrected chi connectivity index (χ1v) is 7.26. The molecule has 2 rings (SSSR count). The summed E-state index contributed by atoms with van der Waals surface area (Å²) < 4.78 is 0. The van der Waals surface area contributed by atoms with E-state index in [1.165, 1.54) is 0 Å². The number of piperazine rings is 1. The van der Waals surface area contributed by atoms with E-state index in [1.54, 1.807) is 0 Å². The number of anilines is 1. The minimum absolute atomic E-state index is 0.160. The van der Waals surface area contributed by atoms with Gasteiger partial charge in [-0.2, -0.15) is 0 Å². The summed E-state index contributed by atoms with van der Waals surface area (Å²) in [5, 5.41) is 0. The summed E-state index contributed by atoms with van der Waals surface area (Å²) >= 11 is 0. The standard InChI is InChI=1S/C17H23N3O/c1-4-9-19-10-12-20(13-11-19)16(21)17(2,3)14-5-7-15(18)8-6-14/h1,5-8H,9-13,18H2,2-3H3. The van der Waals surface area contributed by atoms with Gasteiger partial charge >= 0.3 is 0 Å². The highest BCUT2D eigenvalue weighted by Crippen LogP contribution is 2.27. The molecule has 0 radical (unpaired) electrons. The molecule has 1 aromatic carbocycles. The average molecular weight is 285 g/mol. The quantitative estimate of drug-likeness (QED) is 0.673. The molecule has 0 unspecified atom stereocenters. The zero-order chi connectivity index (χ0) is 15.5. The smallest absolute Gasteiger partial charge is 0.232 e. The molecule has 4 heteroatoms. The van der Waals surface area contributed by atoms with Gasteiger partial charge in [0.25, 0.3) is 0 Å². The van der Waals surface area contributed by atoms with Crippen molar-refractivity contribution in [1.29, 1.82) is 0 Å². The SMILES string of the molecule is C#CCN1CCN(C(=O)C(C)(C)c2ccc(N)cc2)CC1. The van der Waals surface area contributed by atoms with Crippen molar-refractivity contribution in [3.8, 4) is 12.3 Å². The van der Waals surface area contributed by atoms with E-state index in [4.69, 9.17) is 12.2 Å². The van der Waals surface area contributed by atoms with Crippen molar-refractivity contribution in [2.24, 2.45) is 0 Å². The molecule has 2 N–H and O–H groups in total. The molecule has 0 aromatic heterocycles. The Morgan fingerprint density at radius 2 is 1.81 bits per heavy atom. The highest BCUT2D eigenvalue weighted by Gasteiger charge is 2.34.